The molecular weight excluding hydrogens is 2290 g/mol. The van der Waals surface area contributed by atoms with Gasteiger partial charge in [-0.1, -0.05) is 0 Å². The Morgan fingerprint density at radius 2 is 0.218 bits per heavy atom. The molecule has 142 heavy (non-hydrogen) atoms. The minimum absolute atomic E-state index is 0.459. The maximum atomic E-state index is 15.4. The van der Waals surface area contributed by atoms with Gasteiger partial charge < -0.3 is 0 Å². The fourth-order valence-corrected chi connectivity index (χ4v) is 51.8. The van der Waals surface area contributed by atoms with Gasteiger partial charge in [0, 0.05) is 0 Å². The number of halogens is 59. The molecule has 762 valence electrons. The molecule has 0 atom stereocenters. The van der Waals surface area contributed by atoms with Crippen molar-refractivity contribution in [2.75, 3.05) is 0 Å². The Balaban J connectivity index is 0.000000223. The van der Waals surface area contributed by atoms with E-state index in [-0.39, 0.29) is 0 Å². The fraction of sp³-hybridized carbons (Fsp3) is 0.100. The van der Waals surface area contributed by atoms with E-state index >= 15 is 61.5 Å². The van der Waals surface area contributed by atoms with Crippen molar-refractivity contribution >= 4 is 94.5 Å². The summed E-state index contributed by atoms with van der Waals surface area (Å²) in [5, 5.41) is 0. The van der Waals surface area contributed by atoms with Gasteiger partial charge in [-0.3, -0.25) is 0 Å². The van der Waals surface area contributed by atoms with Gasteiger partial charge in [0.05, 0.1) is 0 Å². The van der Waals surface area contributed by atoms with E-state index in [1.54, 1.807) is 0 Å². The van der Waals surface area contributed by atoms with Gasteiger partial charge in [0.2, 0.25) is 0 Å². The van der Waals surface area contributed by atoms with Crippen LogP contribution in [0.2, 0.25) is 0 Å². The van der Waals surface area contributed by atoms with Crippen LogP contribution in [0.1, 0.15) is 44.5 Å². The first-order valence-electron chi connectivity index (χ1n) is 36.0. The van der Waals surface area contributed by atoms with E-state index < -0.39 is 465 Å². The molecule has 0 aliphatic carbocycles. The molecule has 0 saturated heterocycles. The number of alkyl halides is 24. The van der Waals surface area contributed by atoms with Crippen LogP contribution in [-0.2, 0) is 49.4 Å². The van der Waals surface area contributed by atoms with E-state index in [1.807, 2.05) is 0 Å². The van der Waals surface area contributed by atoms with Crippen LogP contribution in [0.3, 0.4) is 0 Å². The van der Waals surface area contributed by atoms with Crippen LogP contribution in [0.4, 0.5) is 259 Å². The Morgan fingerprint density at radius 1 is 0.113 bits per heavy atom. The zero-order valence-electron chi connectivity index (χ0n) is 65.3. The third kappa shape index (κ3) is 18.9. The second-order valence-electron chi connectivity index (χ2n) is 29.3. The first-order chi connectivity index (χ1) is 64.6. The second kappa shape index (κ2) is 38.2. The van der Waals surface area contributed by atoms with Crippen molar-refractivity contribution < 1.29 is 259 Å². The van der Waals surface area contributed by atoms with Crippen molar-refractivity contribution in [3.8, 4) is 0 Å². The second-order valence-corrected chi connectivity index (χ2v) is 55.6. The summed E-state index contributed by atoms with van der Waals surface area (Å²) < 4.78 is 825. The Morgan fingerprint density at radius 3 is 0.331 bits per heavy atom. The molecule has 0 fully saturated rings. The van der Waals surface area contributed by atoms with Crippen molar-refractivity contribution in [2.24, 2.45) is 0 Å². The third-order valence-corrected chi connectivity index (χ3v) is 55.7. The topological polar surface area (TPSA) is 0 Å². The van der Waals surface area contributed by atoms with Crippen molar-refractivity contribution in [2.45, 2.75) is 49.4 Å². The SMILES string of the molecule is FC(F)(F)c1cc(C(F)(F)F)c[c]([Ga-]([c]2cc(C(F)(F)F)cc(C(F)(F)F)c2)([c]2cc(C(F)(F)F)cc(C(F)(F)F)c2)[c]2cc(C(F)(F)F)cc(C(F)(F)F)c2)c1.Fc1c(F)c(F)[c]([Ga-]([c]2c(F)c(F)c(F)c(F)c2F)([c]2c(F)c(F)c(F)c(F)c2F)[c]2c(F)c(F)c(F)c(F)c2F)c(F)c1F.Fc1c(F)c(F)[c]([Ga-]([c]2ccccc2)([c]2c(F)c(F)c(F)c(F)c2F)[c]2c(F)c(F)c(F)c(F)c2F)c(F)c1F. The van der Waals surface area contributed by atoms with Crippen molar-refractivity contribution in [3.63, 3.8) is 0 Å². The molecule has 62 heteroatoms. The van der Waals surface area contributed by atoms with E-state index in [2.05, 4.69) is 0 Å². The van der Waals surface area contributed by atoms with E-state index in [0.29, 0.717) is 12.1 Å². The fourth-order valence-electron chi connectivity index (χ4n) is 15.6. The Hall–Kier alpha value is -11.6. The molecule has 0 aliphatic rings. The van der Waals surface area contributed by atoms with E-state index in [4.69, 9.17) is 0 Å². The first kappa shape index (κ1) is 112. The summed E-state index contributed by atoms with van der Waals surface area (Å²) in [5.74, 6) is -115. The quantitative estimate of drug-likeness (QED) is 0.0495. The summed E-state index contributed by atoms with van der Waals surface area (Å²) in [6, 6.07) is -4.76. The maximum absolute atomic E-state index is 15.4. The predicted molar refractivity (Wildman–Crippen MR) is 369 cm³/mol. The van der Waals surface area contributed by atoms with Gasteiger partial charge in [0.1, 0.15) is 0 Å². The average molecular weight is 2310 g/mol. The van der Waals surface area contributed by atoms with Gasteiger partial charge in [0.15, 0.2) is 0 Å². The van der Waals surface area contributed by atoms with Gasteiger partial charge in [-0.25, -0.2) is 0 Å². The summed E-state index contributed by atoms with van der Waals surface area (Å²) in [6.07, 6.45) is -48.8. The van der Waals surface area contributed by atoms with Gasteiger partial charge in [-0.05, 0) is 0 Å². The zero-order valence-corrected chi connectivity index (χ0v) is 72.6. The first-order valence-corrected chi connectivity index (χ1v) is 50.5. The molecule has 0 amide bonds. The van der Waals surface area contributed by atoms with Gasteiger partial charge >= 0.3 is 754 Å². The molecule has 0 saturated carbocycles. The molecule has 0 spiro atoms. The van der Waals surface area contributed by atoms with E-state index in [9.17, 15) is 198 Å². The molecule has 0 heterocycles. The van der Waals surface area contributed by atoms with Crippen molar-refractivity contribution in [1.29, 1.82) is 0 Å². The van der Waals surface area contributed by atoms with Crippen LogP contribution in [-0.4, -0.2) is 45.1 Å². The Bertz CT molecular complexity index is 6040. The van der Waals surface area contributed by atoms with Crippen LogP contribution in [0.25, 0.3) is 0 Å². The molecule has 0 aliphatic heterocycles. The van der Waals surface area contributed by atoms with Crippen LogP contribution in [0, 0.1) is 204 Å². The molecule has 0 aromatic heterocycles. The Kier molecular flexibility index (Phi) is 30.2. The zero-order chi connectivity index (χ0) is 108. The van der Waals surface area contributed by atoms with Crippen molar-refractivity contribution in [1.82, 2.24) is 0 Å². The normalized spacial score (nSPS) is 12.9. The van der Waals surface area contributed by atoms with E-state index in [1.165, 1.54) is 0 Å². The van der Waals surface area contributed by atoms with Gasteiger partial charge in [-0.2, -0.15) is 0 Å². The summed E-state index contributed by atoms with van der Waals surface area (Å²) >= 11 is -26.2. The summed E-state index contributed by atoms with van der Waals surface area (Å²) in [5.41, 5.74) is -21.0. The molecule has 12 aromatic carbocycles. The van der Waals surface area contributed by atoms with Crippen LogP contribution in [0.5, 0.6) is 0 Å². The van der Waals surface area contributed by atoms with Crippen LogP contribution < -0.4 is 49.4 Å². The number of rotatable bonds is 12. The van der Waals surface area contributed by atoms with Gasteiger partial charge in [0.25, 0.3) is 0 Å². The third-order valence-electron chi connectivity index (χ3n) is 21.5. The van der Waals surface area contributed by atoms with E-state index in [0.717, 1.165) is 18.2 Å². The molecule has 0 nitrogen and oxygen atoms in total. The minimum atomic E-state index is -9.74. The molecule has 0 unspecified atom stereocenters. The molecule has 12 aromatic rings. The molecule has 12 rings (SSSR count). The summed E-state index contributed by atoms with van der Waals surface area (Å²) in [7, 11) is 0. The summed E-state index contributed by atoms with van der Waals surface area (Å²) in [4.78, 5) is 0. The molecule has 0 bridgehead atoms. The molecular formula is C80H17F59Ga3-3. The number of benzene rings is 12. The summed E-state index contributed by atoms with van der Waals surface area (Å²) in [6.45, 7) is 0. The Labute approximate surface area is 751 Å². The van der Waals surface area contributed by atoms with Crippen LogP contribution in [0.15, 0.2) is 103 Å². The van der Waals surface area contributed by atoms with Crippen molar-refractivity contribution in [3.05, 3.63) is 351 Å². The van der Waals surface area contributed by atoms with Gasteiger partial charge in [-0.15, -0.1) is 0 Å². The predicted octanol–water partition coefficient (Wildman–Crippen LogP) is 22.2. The monoisotopic (exact) mass is 2300 g/mol. The molecule has 0 radical (unpaired) electrons. The average Bonchev–Trinajstić information content (AvgIpc) is 0.679. The number of hydrogen-bond donors (Lipinski definition) is 0. The number of hydrogen-bond acceptors (Lipinski definition) is 0. The molecule has 0 N–H and O–H groups in total. The standard InChI is InChI=1S/4C8H3F6.7C6F5.C6H5.3Ga/c4*9-7(10,11)5-2-1-3-6(4-5)8(12,13)14;7*7-2-1-3(8)5(10)6(11)4(2)9;1-2-4-6-5-3-1;;;/h4*2-4H;;;;;;;;1-5H;;;/q;;;;;;;;;;;;3*-1. The van der Waals surface area contributed by atoms with Crippen LogP contribution >= 0.6 is 0 Å².